The molecule has 138 valence electrons. The van der Waals surface area contributed by atoms with Crippen molar-refractivity contribution in [2.75, 3.05) is 6.54 Å². The van der Waals surface area contributed by atoms with Gasteiger partial charge in [-0.2, -0.15) is 4.31 Å². The number of nitrogens with zero attached hydrogens (tertiary/aromatic N) is 2. The van der Waals surface area contributed by atoms with Gasteiger partial charge >= 0.3 is 0 Å². The fourth-order valence-corrected chi connectivity index (χ4v) is 4.41. The summed E-state index contributed by atoms with van der Waals surface area (Å²) >= 11 is 3.14. The van der Waals surface area contributed by atoms with Crippen molar-refractivity contribution in [3.05, 3.63) is 68.7 Å². The minimum absolute atomic E-state index is 0.0415. The second kappa shape index (κ2) is 8.39. The van der Waals surface area contributed by atoms with Gasteiger partial charge in [-0.15, -0.1) is 0 Å². The molecule has 26 heavy (non-hydrogen) atoms. The van der Waals surface area contributed by atoms with Crippen molar-refractivity contribution in [1.29, 1.82) is 0 Å². The molecule has 0 aliphatic rings. The molecule has 0 fully saturated rings. The number of carbonyl (C=O) groups excluding carboxylic acids is 1. The maximum atomic E-state index is 13.1. The number of carbonyl (C=O) groups is 1. The van der Waals surface area contributed by atoms with E-state index in [1.54, 1.807) is 30.3 Å². The van der Waals surface area contributed by atoms with Crippen molar-refractivity contribution in [3.63, 3.8) is 0 Å². The molecule has 0 saturated carbocycles. The smallest absolute Gasteiger partial charge is 0.289 e. The lowest BCUT2D eigenvalue weighted by molar-refractivity contribution is -0.387. The molecule has 0 heterocycles. The van der Waals surface area contributed by atoms with E-state index in [9.17, 15) is 23.3 Å². The van der Waals surface area contributed by atoms with E-state index in [1.165, 1.54) is 12.1 Å². The molecule has 10 heteroatoms. The largest absolute Gasteiger partial charge is 0.370 e. The summed E-state index contributed by atoms with van der Waals surface area (Å²) in [6, 6.07) is 12.4. The van der Waals surface area contributed by atoms with Gasteiger partial charge in [-0.1, -0.05) is 46.3 Å². The van der Waals surface area contributed by atoms with Gasteiger partial charge in [-0.3, -0.25) is 14.9 Å². The van der Waals surface area contributed by atoms with E-state index in [0.717, 1.165) is 10.4 Å². The van der Waals surface area contributed by atoms with Crippen LogP contribution in [0.15, 0.2) is 57.9 Å². The zero-order valence-electron chi connectivity index (χ0n) is 13.5. The molecule has 2 rings (SSSR count). The Labute approximate surface area is 158 Å². The highest BCUT2D eigenvalue weighted by atomic mass is 79.9. The highest BCUT2D eigenvalue weighted by Crippen LogP contribution is 2.30. The fourth-order valence-electron chi connectivity index (χ4n) is 2.29. The Balaban J connectivity index is 2.49. The standard InChI is InChI=1S/C16H16BrN3O5S/c17-13-6-7-14(20(22)23)15(10-13)26(24,25)19(9-8-16(18)21)11-12-4-2-1-3-5-12/h1-7,10H,8-9,11H2,(H2,18,21). The molecule has 0 unspecified atom stereocenters. The third-order valence-corrected chi connectivity index (χ3v) is 5.91. The quantitative estimate of drug-likeness (QED) is 0.497. The Kier molecular flexibility index (Phi) is 6.46. The van der Waals surface area contributed by atoms with Crippen molar-refractivity contribution < 1.29 is 18.1 Å². The lowest BCUT2D eigenvalue weighted by atomic mass is 10.2. The Bertz CT molecular complexity index is 919. The van der Waals surface area contributed by atoms with Crippen LogP contribution in [0.3, 0.4) is 0 Å². The molecular weight excluding hydrogens is 426 g/mol. The van der Waals surface area contributed by atoms with Crippen LogP contribution in [0.1, 0.15) is 12.0 Å². The second-order valence-corrected chi connectivity index (χ2v) is 8.23. The van der Waals surface area contributed by atoms with Gasteiger partial charge in [0.15, 0.2) is 4.90 Å². The number of primary amides is 1. The first-order valence-electron chi connectivity index (χ1n) is 7.48. The molecule has 2 N–H and O–H groups in total. The molecule has 0 aliphatic heterocycles. The highest BCUT2D eigenvalue weighted by molar-refractivity contribution is 9.10. The number of halogens is 1. The van der Waals surface area contributed by atoms with Crippen LogP contribution < -0.4 is 5.73 Å². The van der Waals surface area contributed by atoms with Gasteiger partial charge in [0.25, 0.3) is 5.69 Å². The SMILES string of the molecule is NC(=O)CCN(Cc1ccccc1)S(=O)(=O)c1cc(Br)ccc1[N+](=O)[O-]. The van der Waals surface area contributed by atoms with Crippen LogP contribution >= 0.6 is 15.9 Å². The Morgan fingerprint density at radius 2 is 1.85 bits per heavy atom. The first-order chi connectivity index (χ1) is 12.2. The first-order valence-corrected chi connectivity index (χ1v) is 9.71. The Morgan fingerprint density at radius 3 is 2.42 bits per heavy atom. The molecule has 8 nitrogen and oxygen atoms in total. The molecule has 0 radical (unpaired) electrons. The Hall–Kier alpha value is -2.30. The molecule has 2 aromatic rings. The molecule has 2 aromatic carbocycles. The molecule has 0 atom stereocenters. The normalized spacial score (nSPS) is 11.5. The van der Waals surface area contributed by atoms with E-state index in [1.807, 2.05) is 0 Å². The van der Waals surface area contributed by atoms with Crippen molar-refractivity contribution in [1.82, 2.24) is 4.31 Å². The van der Waals surface area contributed by atoms with Gasteiger partial charge < -0.3 is 5.73 Å². The number of hydrogen-bond acceptors (Lipinski definition) is 5. The predicted octanol–water partition coefficient (Wildman–Crippen LogP) is 2.42. The average molecular weight is 442 g/mol. The van der Waals surface area contributed by atoms with Crippen molar-refractivity contribution >= 4 is 37.5 Å². The highest BCUT2D eigenvalue weighted by Gasteiger charge is 2.32. The first kappa shape index (κ1) is 20.0. The van der Waals surface area contributed by atoms with E-state index in [0.29, 0.717) is 10.0 Å². The molecule has 0 saturated heterocycles. The summed E-state index contributed by atoms with van der Waals surface area (Å²) in [5.74, 6) is -0.665. The van der Waals surface area contributed by atoms with Crippen LogP contribution in [0.4, 0.5) is 5.69 Å². The fraction of sp³-hybridized carbons (Fsp3) is 0.188. The van der Waals surface area contributed by atoms with E-state index in [2.05, 4.69) is 15.9 Å². The summed E-state index contributed by atoms with van der Waals surface area (Å²) in [7, 11) is -4.24. The van der Waals surface area contributed by atoms with Gasteiger partial charge in [0.2, 0.25) is 15.9 Å². The van der Waals surface area contributed by atoms with E-state index in [-0.39, 0.29) is 19.5 Å². The van der Waals surface area contributed by atoms with Gasteiger partial charge in [-0.05, 0) is 17.7 Å². The van der Waals surface area contributed by atoms with Crippen LogP contribution in [0.2, 0.25) is 0 Å². The molecule has 0 bridgehead atoms. The van der Waals surface area contributed by atoms with Gasteiger partial charge in [0.1, 0.15) is 0 Å². The van der Waals surface area contributed by atoms with Gasteiger partial charge in [0, 0.05) is 30.0 Å². The number of benzene rings is 2. The number of amides is 1. The molecule has 0 aliphatic carbocycles. The number of hydrogen-bond donors (Lipinski definition) is 1. The summed E-state index contributed by atoms with van der Waals surface area (Å²) in [5.41, 5.74) is 5.28. The lowest BCUT2D eigenvalue weighted by Gasteiger charge is -2.22. The monoisotopic (exact) mass is 441 g/mol. The predicted molar refractivity (Wildman–Crippen MR) is 98.6 cm³/mol. The van der Waals surface area contributed by atoms with Crippen LogP contribution in [0.5, 0.6) is 0 Å². The maximum Gasteiger partial charge on any atom is 0.289 e. The number of nitrogens with two attached hydrogens (primary N) is 1. The minimum Gasteiger partial charge on any atom is -0.370 e. The molecule has 1 amide bonds. The van der Waals surface area contributed by atoms with E-state index >= 15 is 0 Å². The second-order valence-electron chi connectivity index (χ2n) is 5.41. The summed E-state index contributed by atoms with van der Waals surface area (Å²) in [5, 5.41) is 11.3. The third kappa shape index (κ3) is 4.87. The van der Waals surface area contributed by atoms with E-state index in [4.69, 9.17) is 5.73 Å². The van der Waals surface area contributed by atoms with Gasteiger partial charge in [0.05, 0.1) is 4.92 Å². The summed E-state index contributed by atoms with van der Waals surface area (Å²) in [6.07, 6.45) is -0.201. The zero-order valence-corrected chi connectivity index (χ0v) is 15.9. The summed E-state index contributed by atoms with van der Waals surface area (Å²) in [6.45, 7) is -0.226. The number of sulfonamides is 1. The van der Waals surface area contributed by atoms with Crippen molar-refractivity contribution in [3.8, 4) is 0 Å². The summed E-state index contributed by atoms with van der Waals surface area (Å²) < 4.78 is 27.6. The average Bonchev–Trinajstić information content (AvgIpc) is 2.58. The van der Waals surface area contributed by atoms with Crippen LogP contribution in [-0.4, -0.2) is 30.1 Å². The van der Waals surface area contributed by atoms with Crippen molar-refractivity contribution in [2.45, 2.75) is 17.9 Å². The maximum absolute atomic E-state index is 13.1. The third-order valence-electron chi connectivity index (χ3n) is 3.55. The topological polar surface area (TPSA) is 124 Å². The number of nitro benzene ring substituents is 1. The van der Waals surface area contributed by atoms with Crippen molar-refractivity contribution in [2.24, 2.45) is 5.73 Å². The van der Waals surface area contributed by atoms with Crippen LogP contribution in [0.25, 0.3) is 0 Å². The van der Waals surface area contributed by atoms with Gasteiger partial charge in [-0.25, -0.2) is 8.42 Å². The minimum atomic E-state index is -4.24. The zero-order chi connectivity index (χ0) is 19.3. The molecule has 0 spiro atoms. The Morgan fingerprint density at radius 1 is 1.19 bits per heavy atom. The number of nitro groups is 1. The molecular formula is C16H16BrN3O5S. The summed E-state index contributed by atoms with van der Waals surface area (Å²) in [4.78, 5) is 21.2. The lowest BCUT2D eigenvalue weighted by Crippen LogP contribution is -2.34. The van der Waals surface area contributed by atoms with Crippen LogP contribution in [-0.2, 0) is 21.4 Å². The molecule has 0 aromatic heterocycles. The number of rotatable bonds is 8. The van der Waals surface area contributed by atoms with Crippen LogP contribution in [0, 0.1) is 10.1 Å². The van der Waals surface area contributed by atoms with E-state index < -0.39 is 31.4 Å².